The molecule has 0 spiro atoms. The Hall–Kier alpha value is -1.55. The Bertz CT molecular complexity index is 455. The summed E-state index contributed by atoms with van der Waals surface area (Å²) in [5.74, 6) is 0.534. The molecular weight excluding hydrogens is 254 g/mol. The van der Waals surface area contributed by atoms with Crippen LogP contribution in [0.4, 0.5) is 0 Å². The van der Waals surface area contributed by atoms with Crippen molar-refractivity contribution in [1.29, 1.82) is 0 Å². The van der Waals surface area contributed by atoms with Crippen LogP contribution in [0.3, 0.4) is 0 Å². The van der Waals surface area contributed by atoms with Crippen molar-refractivity contribution in [3.8, 4) is 5.75 Å². The van der Waals surface area contributed by atoms with E-state index in [9.17, 15) is 4.79 Å². The van der Waals surface area contributed by atoms with Crippen molar-refractivity contribution in [3.63, 3.8) is 0 Å². The Morgan fingerprint density at radius 3 is 2.70 bits per heavy atom. The van der Waals surface area contributed by atoms with E-state index in [0.29, 0.717) is 26.1 Å². The van der Waals surface area contributed by atoms with Crippen molar-refractivity contribution < 1.29 is 14.3 Å². The molecule has 1 aromatic rings. The highest BCUT2D eigenvalue weighted by Gasteiger charge is 2.29. The normalized spacial score (nSPS) is 13.7. The molecule has 0 saturated heterocycles. The van der Waals surface area contributed by atoms with E-state index in [1.165, 1.54) is 5.56 Å². The van der Waals surface area contributed by atoms with Crippen LogP contribution >= 0.6 is 0 Å². The molecule has 4 heteroatoms. The summed E-state index contributed by atoms with van der Waals surface area (Å²) in [4.78, 5) is 11.6. The zero-order chi connectivity index (χ0) is 15.2. The highest BCUT2D eigenvalue weighted by atomic mass is 16.5. The standard InChI is InChI=1S/C16H25NO3/c1-5-19-15(18)16(4,17)9-6-10-20-14-11-12(2)7-8-13(14)3/h7-8,11H,5-6,9-10,17H2,1-4H3. The number of carbonyl (C=O) groups excluding carboxylic acids is 1. The van der Waals surface area contributed by atoms with Gasteiger partial charge in [-0.25, -0.2) is 0 Å². The molecule has 0 fully saturated rings. The lowest BCUT2D eigenvalue weighted by Gasteiger charge is -2.22. The lowest BCUT2D eigenvalue weighted by Crippen LogP contribution is -2.46. The topological polar surface area (TPSA) is 61.5 Å². The number of carbonyl (C=O) groups is 1. The van der Waals surface area contributed by atoms with Gasteiger partial charge in [-0.05, 0) is 57.7 Å². The van der Waals surface area contributed by atoms with Gasteiger partial charge in [0.2, 0.25) is 0 Å². The maximum absolute atomic E-state index is 11.6. The van der Waals surface area contributed by atoms with E-state index in [4.69, 9.17) is 15.2 Å². The third-order valence-corrected chi connectivity index (χ3v) is 3.18. The quantitative estimate of drug-likeness (QED) is 0.616. The van der Waals surface area contributed by atoms with Gasteiger partial charge in [-0.1, -0.05) is 12.1 Å². The second-order valence-electron chi connectivity index (χ2n) is 5.36. The maximum atomic E-state index is 11.6. The zero-order valence-corrected chi connectivity index (χ0v) is 12.9. The van der Waals surface area contributed by atoms with Crippen molar-refractivity contribution in [2.75, 3.05) is 13.2 Å². The third kappa shape index (κ3) is 4.85. The van der Waals surface area contributed by atoms with Gasteiger partial charge >= 0.3 is 5.97 Å². The van der Waals surface area contributed by atoms with Gasteiger partial charge in [-0.2, -0.15) is 0 Å². The average molecular weight is 279 g/mol. The van der Waals surface area contributed by atoms with Crippen LogP contribution in [0.1, 0.15) is 37.8 Å². The van der Waals surface area contributed by atoms with Crippen molar-refractivity contribution in [2.45, 2.75) is 46.1 Å². The highest BCUT2D eigenvalue weighted by molar-refractivity contribution is 5.79. The van der Waals surface area contributed by atoms with Crippen LogP contribution in [-0.2, 0) is 9.53 Å². The van der Waals surface area contributed by atoms with Crippen molar-refractivity contribution in [1.82, 2.24) is 0 Å². The molecule has 20 heavy (non-hydrogen) atoms. The zero-order valence-electron chi connectivity index (χ0n) is 12.9. The second kappa shape index (κ2) is 7.29. The van der Waals surface area contributed by atoms with Crippen molar-refractivity contribution in [3.05, 3.63) is 29.3 Å². The SMILES string of the molecule is CCOC(=O)C(C)(N)CCCOc1cc(C)ccc1C. The third-order valence-electron chi connectivity index (χ3n) is 3.18. The first kappa shape index (κ1) is 16.5. The fourth-order valence-corrected chi connectivity index (χ4v) is 1.88. The Morgan fingerprint density at radius 2 is 2.05 bits per heavy atom. The number of hydrogen-bond donors (Lipinski definition) is 1. The molecule has 2 N–H and O–H groups in total. The van der Waals surface area contributed by atoms with Crippen molar-refractivity contribution in [2.24, 2.45) is 5.73 Å². The van der Waals surface area contributed by atoms with Crippen LogP contribution in [0.2, 0.25) is 0 Å². The van der Waals surface area contributed by atoms with Gasteiger partial charge in [-0.15, -0.1) is 0 Å². The Balaban J connectivity index is 2.41. The van der Waals surface area contributed by atoms with Crippen LogP contribution in [0, 0.1) is 13.8 Å². The van der Waals surface area contributed by atoms with Gasteiger partial charge in [0.05, 0.1) is 13.2 Å². The van der Waals surface area contributed by atoms with Gasteiger partial charge < -0.3 is 15.2 Å². The van der Waals surface area contributed by atoms with Gasteiger partial charge in [-0.3, -0.25) is 4.79 Å². The summed E-state index contributed by atoms with van der Waals surface area (Å²) in [7, 11) is 0. The van der Waals surface area contributed by atoms with Crippen LogP contribution in [0.5, 0.6) is 5.75 Å². The van der Waals surface area contributed by atoms with Gasteiger partial charge in [0, 0.05) is 0 Å². The minimum atomic E-state index is -0.943. The number of esters is 1. The number of aryl methyl sites for hydroxylation is 2. The van der Waals surface area contributed by atoms with E-state index < -0.39 is 5.54 Å². The molecule has 0 amide bonds. The summed E-state index contributed by atoms with van der Waals surface area (Å²) < 4.78 is 10.7. The molecule has 0 radical (unpaired) electrons. The van der Waals surface area contributed by atoms with E-state index in [0.717, 1.165) is 11.3 Å². The Labute approximate surface area is 121 Å². The summed E-state index contributed by atoms with van der Waals surface area (Å²) in [5, 5.41) is 0. The first-order chi connectivity index (χ1) is 9.36. The Kier molecular flexibility index (Phi) is 6.02. The van der Waals surface area contributed by atoms with E-state index in [1.807, 2.05) is 26.0 Å². The van der Waals surface area contributed by atoms with E-state index >= 15 is 0 Å². The second-order valence-corrected chi connectivity index (χ2v) is 5.36. The molecule has 0 aliphatic carbocycles. The average Bonchev–Trinajstić information content (AvgIpc) is 2.39. The lowest BCUT2D eigenvalue weighted by molar-refractivity contribution is -0.149. The molecule has 0 aromatic heterocycles. The lowest BCUT2D eigenvalue weighted by atomic mass is 9.98. The first-order valence-electron chi connectivity index (χ1n) is 7.03. The first-order valence-corrected chi connectivity index (χ1v) is 7.03. The number of ether oxygens (including phenoxy) is 2. The minimum Gasteiger partial charge on any atom is -0.493 e. The van der Waals surface area contributed by atoms with E-state index in [2.05, 4.69) is 6.07 Å². The molecule has 4 nitrogen and oxygen atoms in total. The number of nitrogens with two attached hydrogens (primary N) is 1. The summed E-state index contributed by atoms with van der Waals surface area (Å²) in [6.45, 7) is 8.41. The number of hydrogen-bond acceptors (Lipinski definition) is 4. The molecule has 112 valence electrons. The summed E-state index contributed by atoms with van der Waals surface area (Å²) in [6, 6.07) is 6.11. The molecule has 0 bridgehead atoms. The highest BCUT2D eigenvalue weighted by Crippen LogP contribution is 2.20. The predicted octanol–water partition coefficient (Wildman–Crippen LogP) is 2.74. The van der Waals surface area contributed by atoms with Gasteiger partial charge in [0.15, 0.2) is 0 Å². The molecule has 1 unspecified atom stereocenters. The number of rotatable bonds is 7. The largest absolute Gasteiger partial charge is 0.493 e. The number of benzene rings is 1. The molecule has 0 aliphatic heterocycles. The van der Waals surface area contributed by atoms with Crippen LogP contribution < -0.4 is 10.5 Å². The molecule has 1 aromatic carbocycles. The van der Waals surface area contributed by atoms with Gasteiger partial charge in [0.25, 0.3) is 0 Å². The fraction of sp³-hybridized carbons (Fsp3) is 0.562. The van der Waals surface area contributed by atoms with E-state index in [1.54, 1.807) is 13.8 Å². The minimum absolute atomic E-state index is 0.352. The predicted molar refractivity (Wildman–Crippen MR) is 79.9 cm³/mol. The molecule has 1 atom stereocenters. The summed E-state index contributed by atoms with van der Waals surface area (Å²) in [5.41, 5.74) is 7.28. The fourth-order valence-electron chi connectivity index (χ4n) is 1.88. The molecule has 0 heterocycles. The molecule has 0 saturated carbocycles. The van der Waals surface area contributed by atoms with Crippen LogP contribution in [-0.4, -0.2) is 24.7 Å². The van der Waals surface area contributed by atoms with Crippen LogP contribution in [0.25, 0.3) is 0 Å². The molecule has 0 aliphatic rings. The van der Waals surface area contributed by atoms with E-state index in [-0.39, 0.29) is 5.97 Å². The summed E-state index contributed by atoms with van der Waals surface area (Å²) in [6.07, 6.45) is 1.25. The molecular formula is C16H25NO3. The Morgan fingerprint density at radius 1 is 1.35 bits per heavy atom. The smallest absolute Gasteiger partial charge is 0.325 e. The maximum Gasteiger partial charge on any atom is 0.325 e. The van der Waals surface area contributed by atoms with Crippen molar-refractivity contribution >= 4 is 5.97 Å². The van der Waals surface area contributed by atoms with Crippen LogP contribution in [0.15, 0.2) is 18.2 Å². The monoisotopic (exact) mass is 279 g/mol. The van der Waals surface area contributed by atoms with Gasteiger partial charge in [0.1, 0.15) is 11.3 Å². The molecule has 1 rings (SSSR count). The summed E-state index contributed by atoms with van der Waals surface area (Å²) >= 11 is 0.